The van der Waals surface area contributed by atoms with Gasteiger partial charge in [-0.3, -0.25) is 9.89 Å². The van der Waals surface area contributed by atoms with Crippen LogP contribution >= 0.6 is 0 Å². The lowest BCUT2D eigenvalue weighted by Gasteiger charge is -2.15. The van der Waals surface area contributed by atoms with Crippen LogP contribution < -0.4 is 5.73 Å². The van der Waals surface area contributed by atoms with Gasteiger partial charge in [0.1, 0.15) is 0 Å². The summed E-state index contributed by atoms with van der Waals surface area (Å²) in [5.74, 6) is 0.413. The molecule has 1 aliphatic carbocycles. The van der Waals surface area contributed by atoms with Gasteiger partial charge >= 0.3 is 0 Å². The molecule has 5 nitrogen and oxygen atoms in total. The summed E-state index contributed by atoms with van der Waals surface area (Å²) in [6, 6.07) is 0. The topological polar surface area (TPSA) is 75.0 Å². The fraction of sp³-hybridized carbons (Fsp3) is 0.692. The van der Waals surface area contributed by atoms with Gasteiger partial charge in [0.05, 0.1) is 11.4 Å². The van der Waals surface area contributed by atoms with Crippen molar-refractivity contribution < 1.29 is 4.79 Å². The predicted octanol–water partition coefficient (Wildman–Crippen LogP) is 2.13. The fourth-order valence-corrected chi connectivity index (χ4v) is 2.09. The maximum atomic E-state index is 12.2. The van der Waals surface area contributed by atoms with Crippen molar-refractivity contribution in [2.24, 2.45) is 0 Å². The molecular weight excluding hydrogens is 228 g/mol. The number of hydrogen-bond donors (Lipinski definition) is 2. The predicted molar refractivity (Wildman–Crippen MR) is 71.5 cm³/mol. The molecule has 5 heteroatoms. The van der Waals surface area contributed by atoms with E-state index in [1.165, 1.54) is 0 Å². The molecule has 3 N–H and O–H groups in total. The Bertz CT molecular complexity index is 423. The lowest BCUT2D eigenvalue weighted by molar-refractivity contribution is 0.0788. The molecule has 1 heterocycles. The first-order chi connectivity index (χ1) is 8.65. The third kappa shape index (κ3) is 2.66. The quantitative estimate of drug-likeness (QED) is 0.759. The molecule has 0 unspecified atom stereocenters. The highest BCUT2D eigenvalue weighted by Crippen LogP contribution is 2.42. The molecule has 1 fully saturated rings. The van der Waals surface area contributed by atoms with E-state index in [9.17, 15) is 4.79 Å². The average Bonchev–Trinajstić information content (AvgIpc) is 3.12. The maximum absolute atomic E-state index is 12.2. The summed E-state index contributed by atoms with van der Waals surface area (Å²) < 4.78 is 0. The Morgan fingerprint density at radius 3 is 2.83 bits per heavy atom. The highest BCUT2D eigenvalue weighted by Gasteiger charge is 2.30. The third-order valence-electron chi connectivity index (χ3n) is 3.47. The van der Waals surface area contributed by atoms with Gasteiger partial charge in [0.25, 0.3) is 5.91 Å². The summed E-state index contributed by atoms with van der Waals surface area (Å²) in [6.07, 6.45) is 5.61. The molecule has 1 aromatic rings. The molecule has 0 bridgehead atoms. The van der Waals surface area contributed by atoms with Crippen LogP contribution in [0.3, 0.4) is 0 Å². The number of carbonyl (C=O) groups excluding carboxylic acids is 1. The Kier molecular flexibility index (Phi) is 3.89. The number of nitrogens with two attached hydrogens (primary N) is 1. The Labute approximate surface area is 108 Å². The van der Waals surface area contributed by atoms with Crippen molar-refractivity contribution in [1.29, 1.82) is 0 Å². The molecule has 0 spiro atoms. The number of aromatic amines is 1. The van der Waals surface area contributed by atoms with E-state index in [-0.39, 0.29) is 5.91 Å². The molecule has 1 aliphatic rings. The standard InChI is InChI=1S/C13H22N4O/c1-3-4-5-8-17(2)13(18)12-10(14)11(15-16-12)9-6-7-9/h9H,3-8,14H2,1-2H3,(H,15,16). The number of anilines is 1. The smallest absolute Gasteiger partial charge is 0.276 e. The van der Waals surface area contributed by atoms with Crippen molar-refractivity contribution in [1.82, 2.24) is 15.1 Å². The van der Waals surface area contributed by atoms with E-state index in [1.807, 2.05) is 7.05 Å². The molecule has 0 aromatic carbocycles. The molecule has 0 aliphatic heterocycles. The first-order valence-electron chi connectivity index (χ1n) is 6.74. The highest BCUT2D eigenvalue weighted by atomic mass is 16.2. The number of unbranched alkanes of at least 4 members (excludes halogenated alkanes) is 2. The number of nitrogens with zero attached hydrogens (tertiary/aromatic N) is 2. The number of hydrogen-bond acceptors (Lipinski definition) is 3. The van der Waals surface area contributed by atoms with Crippen molar-refractivity contribution >= 4 is 11.6 Å². The van der Waals surface area contributed by atoms with Crippen LogP contribution in [0, 0.1) is 0 Å². The Morgan fingerprint density at radius 2 is 2.22 bits per heavy atom. The number of carbonyl (C=O) groups is 1. The van der Waals surface area contributed by atoms with Gasteiger partial charge in [0.2, 0.25) is 0 Å². The molecule has 18 heavy (non-hydrogen) atoms. The van der Waals surface area contributed by atoms with Gasteiger partial charge in [-0.1, -0.05) is 19.8 Å². The zero-order chi connectivity index (χ0) is 13.1. The largest absolute Gasteiger partial charge is 0.395 e. The Hall–Kier alpha value is -1.52. The SMILES string of the molecule is CCCCCN(C)C(=O)c1n[nH]c(C2CC2)c1N. The Morgan fingerprint density at radius 1 is 1.50 bits per heavy atom. The number of nitrogen functional groups attached to an aromatic ring is 1. The normalized spacial score (nSPS) is 14.8. The fourth-order valence-electron chi connectivity index (χ4n) is 2.09. The van der Waals surface area contributed by atoms with Crippen molar-refractivity contribution in [2.75, 3.05) is 19.3 Å². The van der Waals surface area contributed by atoms with Crippen LogP contribution in [0.1, 0.15) is 61.1 Å². The Balaban J connectivity index is 1.99. The van der Waals surface area contributed by atoms with E-state index in [4.69, 9.17) is 5.73 Å². The summed E-state index contributed by atoms with van der Waals surface area (Å²) in [6.45, 7) is 2.91. The highest BCUT2D eigenvalue weighted by molar-refractivity contribution is 5.97. The molecule has 100 valence electrons. The third-order valence-corrected chi connectivity index (χ3v) is 3.47. The van der Waals surface area contributed by atoms with Gasteiger partial charge in [-0.25, -0.2) is 0 Å². The lowest BCUT2D eigenvalue weighted by atomic mass is 10.2. The van der Waals surface area contributed by atoms with E-state index in [1.54, 1.807) is 4.90 Å². The zero-order valence-electron chi connectivity index (χ0n) is 11.2. The van der Waals surface area contributed by atoms with Crippen LogP contribution in [0.25, 0.3) is 0 Å². The van der Waals surface area contributed by atoms with Gasteiger partial charge in [-0.05, 0) is 19.3 Å². The van der Waals surface area contributed by atoms with Gasteiger partial charge in [-0.2, -0.15) is 5.10 Å². The van der Waals surface area contributed by atoms with Gasteiger partial charge in [-0.15, -0.1) is 0 Å². The number of aromatic nitrogens is 2. The average molecular weight is 250 g/mol. The first kappa shape index (κ1) is 12.9. The summed E-state index contributed by atoms with van der Waals surface area (Å²) in [7, 11) is 1.81. The summed E-state index contributed by atoms with van der Waals surface area (Å²) in [4.78, 5) is 13.9. The monoisotopic (exact) mass is 250 g/mol. The van der Waals surface area contributed by atoms with Gasteiger partial charge < -0.3 is 10.6 Å². The number of H-pyrrole nitrogens is 1. The summed E-state index contributed by atoms with van der Waals surface area (Å²) in [5, 5.41) is 7.00. The van der Waals surface area contributed by atoms with Crippen LogP contribution in [-0.4, -0.2) is 34.6 Å². The van der Waals surface area contributed by atoms with Crippen LogP contribution in [0.4, 0.5) is 5.69 Å². The molecule has 0 atom stereocenters. The van der Waals surface area contributed by atoms with Crippen LogP contribution in [0.5, 0.6) is 0 Å². The van der Waals surface area contributed by atoms with Crippen molar-refractivity contribution in [3.8, 4) is 0 Å². The van der Waals surface area contributed by atoms with E-state index in [0.717, 1.165) is 44.3 Å². The molecule has 1 saturated carbocycles. The molecule has 1 amide bonds. The van der Waals surface area contributed by atoms with E-state index in [2.05, 4.69) is 17.1 Å². The number of amides is 1. The van der Waals surface area contributed by atoms with Crippen molar-refractivity contribution in [3.63, 3.8) is 0 Å². The number of nitrogens with one attached hydrogen (secondary N) is 1. The van der Waals surface area contributed by atoms with Crippen LogP contribution in [-0.2, 0) is 0 Å². The van der Waals surface area contributed by atoms with Gasteiger partial charge in [0.15, 0.2) is 5.69 Å². The van der Waals surface area contributed by atoms with E-state index < -0.39 is 0 Å². The second-order valence-corrected chi connectivity index (χ2v) is 5.11. The maximum Gasteiger partial charge on any atom is 0.276 e. The number of rotatable bonds is 6. The zero-order valence-corrected chi connectivity index (χ0v) is 11.2. The minimum Gasteiger partial charge on any atom is -0.395 e. The van der Waals surface area contributed by atoms with Gasteiger partial charge in [0, 0.05) is 19.5 Å². The molecule has 2 rings (SSSR count). The van der Waals surface area contributed by atoms with Crippen LogP contribution in [0.2, 0.25) is 0 Å². The molecule has 0 radical (unpaired) electrons. The summed E-state index contributed by atoms with van der Waals surface area (Å²) >= 11 is 0. The van der Waals surface area contributed by atoms with E-state index in [0.29, 0.717) is 17.3 Å². The van der Waals surface area contributed by atoms with Crippen LogP contribution in [0.15, 0.2) is 0 Å². The second-order valence-electron chi connectivity index (χ2n) is 5.11. The minimum absolute atomic E-state index is 0.0771. The van der Waals surface area contributed by atoms with Crippen molar-refractivity contribution in [2.45, 2.75) is 44.9 Å². The molecular formula is C13H22N4O. The molecule has 1 aromatic heterocycles. The minimum atomic E-state index is -0.0771. The van der Waals surface area contributed by atoms with E-state index >= 15 is 0 Å². The second kappa shape index (κ2) is 5.42. The molecule has 0 saturated heterocycles. The lowest BCUT2D eigenvalue weighted by Crippen LogP contribution is -2.28. The van der Waals surface area contributed by atoms with Crippen molar-refractivity contribution in [3.05, 3.63) is 11.4 Å². The first-order valence-corrected chi connectivity index (χ1v) is 6.74. The summed E-state index contributed by atoms with van der Waals surface area (Å²) in [5.41, 5.74) is 7.87.